The van der Waals surface area contributed by atoms with Gasteiger partial charge in [-0.2, -0.15) is 4.99 Å². The van der Waals surface area contributed by atoms with E-state index in [1.165, 1.54) is 28.8 Å². The highest BCUT2D eigenvalue weighted by Crippen LogP contribution is 2.19. The number of hydrogen-bond acceptors (Lipinski definition) is 7. The predicted molar refractivity (Wildman–Crippen MR) is 144 cm³/mol. The molecule has 1 saturated heterocycles. The maximum absolute atomic E-state index is 12.7. The average Bonchev–Trinajstić information content (AvgIpc) is 3.20. The zero-order valence-corrected chi connectivity index (χ0v) is 22.1. The summed E-state index contributed by atoms with van der Waals surface area (Å²) < 4.78 is 7.76. The number of hydrogen-bond donors (Lipinski definition) is 0. The third-order valence-electron chi connectivity index (χ3n) is 5.86. The van der Waals surface area contributed by atoms with E-state index in [9.17, 15) is 14.4 Å². The van der Waals surface area contributed by atoms with Gasteiger partial charge in [0.2, 0.25) is 5.91 Å². The van der Waals surface area contributed by atoms with Gasteiger partial charge in [0, 0.05) is 31.9 Å². The van der Waals surface area contributed by atoms with Crippen LogP contribution >= 0.6 is 23.1 Å². The molecule has 190 valence electrons. The molecule has 1 aromatic heterocycles. The summed E-state index contributed by atoms with van der Waals surface area (Å²) in [4.78, 5) is 46.3. The second-order valence-electron chi connectivity index (χ2n) is 8.45. The molecule has 4 rings (SSSR count). The van der Waals surface area contributed by atoms with Crippen LogP contribution in [0.2, 0.25) is 0 Å². The molecule has 1 aliphatic heterocycles. The van der Waals surface area contributed by atoms with Crippen LogP contribution < -0.4 is 9.70 Å². The number of carbonyl (C=O) groups is 3. The van der Waals surface area contributed by atoms with E-state index >= 15 is 0 Å². The zero-order chi connectivity index (χ0) is 25.5. The summed E-state index contributed by atoms with van der Waals surface area (Å²) >= 11 is 2.64. The lowest BCUT2D eigenvalue weighted by Crippen LogP contribution is -2.49. The second-order valence-corrected chi connectivity index (χ2v) is 10.4. The number of rotatable bonds is 8. The van der Waals surface area contributed by atoms with E-state index in [-0.39, 0.29) is 42.4 Å². The van der Waals surface area contributed by atoms with E-state index in [1.807, 2.05) is 48.2 Å². The van der Waals surface area contributed by atoms with Crippen LogP contribution in [0.4, 0.5) is 5.69 Å². The molecular formula is C26H30N4O4S2. The van der Waals surface area contributed by atoms with E-state index in [1.54, 1.807) is 11.5 Å². The summed E-state index contributed by atoms with van der Waals surface area (Å²) in [6.07, 6.45) is 0. The number of benzene rings is 2. The van der Waals surface area contributed by atoms with Crippen LogP contribution in [0.1, 0.15) is 12.5 Å². The highest BCUT2D eigenvalue weighted by atomic mass is 32.2. The van der Waals surface area contributed by atoms with Crippen molar-refractivity contribution in [2.75, 3.05) is 49.2 Å². The number of nitrogens with zero attached hydrogens (tertiary/aromatic N) is 4. The van der Waals surface area contributed by atoms with Crippen molar-refractivity contribution in [1.29, 1.82) is 0 Å². The molecule has 0 bridgehead atoms. The molecule has 36 heavy (non-hydrogen) atoms. The van der Waals surface area contributed by atoms with Crippen LogP contribution in [0.5, 0.6) is 0 Å². The molecule has 3 aromatic rings. The number of piperazine rings is 1. The van der Waals surface area contributed by atoms with Gasteiger partial charge in [-0.25, -0.2) is 0 Å². The van der Waals surface area contributed by atoms with Crippen molar-refractivity contribution in [2.24, 2.45) is 4.99 Å². The van der Waals surface area contributed by atoms with Crippen molar-refractivity contribution in [3.63, 3.8) is 0 Å². The van der Waals surface area contributed by atoms with Crippen LogP contribution in [0.15, 0.2) is 53.5 Å². The molecular weight excluding hydrogens is 496 g/mol. The number of aryl methyl sites for hydroxylation is 1. The monoisotopic (exact) mass is 526 g/mol. The molecule has 0 spiro atoms. The van der Waals surface area contributed by atoms with Gasteiger partial charge in [0.1, 0.15) is 6.54 Å². The average molecular weight is 527 g/mol. The predicted octanol–water partition coefficient (Wildman–Crippen LogP) is 3.08. The minimum atomic E-state index is -0.376. The third kappa shape index (κ3) is 6.55. The zero-order valence-electron chi connectivity index (χ0n) is 20.5. The van der Waals surface area contributed by atoms with Gasteiger partial charge >= 0.3 is 5.97 Å². The molecule has 0 N–H and O–H groups in total. The minimum absolute atomic E-state index is 0.0103. The molecule has 0 saturated carbocycles. The fourth-order valence-corrected chi connectivity index (χ4v) is 5.91. The number of anilines is 1. The van der Waals surface area contributed by atoms with Crippen molar-refractivity contribution < 1.29 is 19.1 Å². The molecule has 1 fully saturated rings. The first-order chi connectivity index (χ1) is 17.4. The lowest BCUT2D eigenvalue weighted by molar-refractivity contribution is -0.143. The van der Waals surface area contributed by atoms with E-state index < -0.39 is 0 Å². The lowest BCUT2D eigenvalue weighted by atomic mass is 10.2. The van der Waals surface area contributed by atoms with Crippen LogP contribution in [0.3, 0.4) is 0 Å². The first kappa shape index (κ1) is 26.0. The lowest BCUT2D eigenvalue weighted by Gasteiger charge is -2.36. The smallest absolute Gasteiger partial charge is 0.326 e. The molecule has 0 aliphatic carbocycles. The fraction of sp³-hybridized carbons (Fsp3) is 0.385. The van der Waals surface area contributed by atoms with Gasteiger partial charge in [0.15, 0.2) is 4.80 Å². The molecule has 0 unspecified atom stereocenters. The first-order valence-corrected chi connectivity index (χ1v) is 13.9. The van der Waals surface area contributed by atoms with Crippen LogP contribution in [-0.2, 0) is 25.7 Å². The van der Waals surface area contributed by atoms with E-state index in [0.29, 0.717) is 17.9 Å². The molecule has 0 atom stereocenters. The van der Waals surface area contributed by atoms with E-state index in [0.717, 1.165) is 28.9 Å². The summed E-state index contributed by atoms with van der Waals surface area (Å²) in [5.41, 5.74) is 3.09. The SMILES string of the molecule is CCOC(=O)Cn1c(=NC(=O)CSCC(=O)N2CCN(c3ccccc3)CC2)sc2cc(C)ccc21. The summed E-state index contributed by atoms with van der Waals surface area (Å²) in [5.74, 6) is -0.333. The standard InChI is InChI=1S/C26H30N4O4S2/c1-3-34-25(33)16-30-21-10-9-19(2)15-22(21)36-26(30)27-23(31)17-35-18-24(32)29-13-11-28(12-14-29)20-7-5-4-6-8-20/h4-10,15H,3,11-14,16-18H2,1-2H3. The Kier molecular flexibility index (Phi) is 8.82. The van der Waals surface area contributed by atoms with Crippen molar-refractivity contribution >= 4 is 56.8 Å². The Bertz CT molecular complexity index is 1290. The molecule has 2 aromatic carbocycles. The Morgan fingerprint density at radius 3 is 2.50 bits per heavy atom. The summed E-state index contributed by atoms with van der Waals surface area (Å²) in [6, 6.07) is 16.1. The van der Waals surface area contributed by atoms with Crippen LogP contribution in [-0.4, -0.2) is 71.5 Å². The highest BCUT2D eigenvalue weighted by Gasteiger charge is 2.21. The number of thiazole rings is 1. The summed E-state index contributed by atoms with van der Waals surface area (Å²) in [5, 5.41) is 0. The summed E-state index contributed by atoms with van der Waals surface area (Å²) in [7, 11) is 0. The van der Waals surface area contributed by atoms with Crippen molar-refractivity contribution in [2.45, 2.75) is 20.4 Å². The van der Waals surface area contributed by atoms with Crippen molar-refractivity contribution in [3.8, 4) is 0 Å². The van der Waals surface area contributed by atoms with E-state index in [2.05, 4.69) is 22.0 Å². The number of ether oxygens (including phenoxy) is 1. The van der Waals surface area contributed by atoms with Crippen LogP contribution in [0, 0.1) is 6.92 Å². The Morgan fingerprint density at radius 1 is 1.03 bits per heavy atom. The Balaban J connectivity index is 1.34. The number of amides is 2. The number of para-hydroxylation sites is 1. The van der Waals surface area contributed by atoms with E-state index in [4.69, 9.17) is 4.74 Å². The molecule has 2 heterocycles. The normalized spacial score (nSPS) is 14.3. The van der Waals surface area contributed by atoms with Gasteiger partial charge in [-0.15, -0.1) is 11.8 Å². The Morgan fingerprint density at radius 2 is 1.78 bits per heavy atom. The van der Waals surface area contributed by atoms with Gasteiger partial charge in [-0.3, -0.25) is 14.4 Å². The Hall–Kier alpha value is -3.11. The second kappa shape index (κ2) is 12.2. The number of fused-ring (bicyclic) bond motifs is 1. The van der Waals surface area contributed by atoms with Gasteiger partial charge < -0.3 is 19.1 Å². The number of carbonyl (C=O) groups excluding carboxylic acids is 3. The first-order valence-electron chi connectivity index (χ1n) is 11.9. The number of thioether (sulfide) groups is 1. The quantitative estimate of drug-likeness (QED) is 0.420. The maximum Gasteiger partial charge on any atom is 0.326 e. The Labute approximate surface area is 218 Å². The molecule has 8 nitrogen and oxygen atoms in total. The fourth-order valence-electron chi connectivity index (χ4n) is 4.06. The molecule has 1 aliphatic rings. The van der Waals surface area contributed by atoms with Crippen LogP contribution in [0.25, 0.3) is 10.2 Å². The third-order valence-corrected chi connectivity index (χ3v) is 7.80. The molecule has 0 radical (unpaired) electrons. The minimum Gasteiger partial charge on any atom is -0.465 e. The largest absolute Gasteiger partial charge is 0.465 e. The van der Waals surface area contributed by atoms with Crippen molar-refractivity contribution in [1.82, 2.24) is 9.47 Å². The number of esters is 1. The van der Waals surface area contributed by atoms with Gasteiger partial charge in [0.25, 0.3) is 5.91 Å². The van der Waals surface area contributed by atoms with Gasteiger partial charge in [0.05, 0.1) is 28.3 Å². The van der Waals surface area contributed by atoms with Gasteiger partial charge in [-0.1, -0.05) is 35.6 Å². The van der Waals surface area contributed by atoms with Gasteiger partial charge in [-0.05, 0) is 43.7 Å². The highest BCUT2D eigenvalue weighted by molar-refractivity contribution is 8.00. The maximum atomic E-state index is 12.7. The summed E-state index contributed by atoms with van der Waals surface area (Å²) in [6.45, 7) is 6.95. The van der Waals surface area contributed by atoms with Crippen molar-refractivity contribution in [3.05, 3.63) is 58.9 Å². The number of aromatic nitrogens is 1. The molecule has 2 amide bonds. The topological polar surface area (TPSA) is 84.2 Å². The molecule has 10 heteroatoms.